The molecule has 1 aliphatic heterocycles. The molecule has 0 saturated carbocycles. The van der Waals surface area contributed by atoms with Crippen LogP contribution < -0.4 is 5.32 Å². The molecule has 1 aliphatic rings. The first-order chi connectivity index (χ1) is 13.4. The second-order valence-electron chi connectivity index (χ2n) is 6.40. The molecule has 1 N–H and O–H groups in total. The van der Waals surface area contributed by atoms with Crippen LogP contribution >= 0.6 is 11.8 Å². The van der Waals surface area contributed by atoms with Gasteiger partial charge in [0.15, 0.2) is 0 Å². The number of nitrogens with one attached hydrogen (secondary N) is 1. The monoisotopic (exact) mass is 397 g/mol. The molecular formula is C20H19N3O4S. The standard InChI is InChI=1S/C20H19N3O4S/c1-13(2)23-19(26)18(25)22(20(23)27)12-17(24)21-15-10-6-7-11-16(15)28-14-8-4-3-5-9-14/h3-11,13H,12H2,1-2H3,(H,21,24). The molecule has 1 saturated heterocycles. The maximum atomic E-state index is 12.5. The molecule has 1 fully saturated rings. The molecule has 144 valence electrons. The van der Waals surface area contributed by atoms with Crippen LogP contribution in [0.1, 0.15) is 13.8 Å². The minimum absolute atomic E-state index is 0.458. The average molecular weight is 397 g/mol. The summed E-state index contributed by atoms with van der Waals surface area (Å²) >= 11 is 1.48. The summed E-state index contributed by atoms with van der Waals surface area (Å²) in [5.74, 6) is -2.45. The van der Waals surface area contributed by atoms with E-state index in [1.807, 2.05) is 42.5 Å². The number of nitrogens with zero attached hydrogens (tertiary/aromatic N) is 2. The fourth-order valence-corrected chi connectivity index (χ4v) is 3.65. The fourth-order valence-electron chi connectivity index (χ4n) is 2.72. The van der Waals surface area contributed by atoms with E-state index in [4.69, 9.17) is 0 Å². The van der Waals surface area contributed by atoms with Crippen molar-refractivity contribution in [3.05, 3.63) is 54.6 Å². The van der Waals surface area contributed by atoms with Crippen LogP contribution in [0.25, 0.3) is 0 Å². The summed E-state index contributed by atoms with van der Waals surface area (Å²) in [6.07, 6.45) is 0. The lowest BCUT2D eigenvalue weighted by Crippen LogP contribution is -2.40. The summed E-state index contributed by atoms with van der Waals surface area (Å²) in [5.41, 5.74) is 0.562. The van der Waals surface area contributed by atoms with Crippen molar-refractivity contribution in [2.24, 2.45) is 0 Å². The number of imide groups is 2. The predicted octanol–water partition coefficient (Wildman–Crippen LogP) is 2.98. The van der Waals surface area contributed by atoms with Crippen LogP contribution in [0.5, 0.6) is 0 Å². The Hall–Kier alpha value is -3.13. The molecule has 0 atom stereocenters. The maximum Gasteiger partial charge on any atom is 0.334 e. The van der Waals surface area contributed by atoms with E-state index >= 15 is 0 Å². The van der Waals surface area contributed by atoms with E-state index in [0.29, 0.717) is 10.6 Å². The van der Waals surface area contributed by atoms with Crippen molar-refractivity contribution in [1.29, 1.82) is 0 Å². The maximum absolute atomic E-state index is 12.5. The van der Waals surface area contributed by atoms with E-state index in [9.17, 15) is 19.2 Å². The highest BCUT2D eigenvalue weighted by Crippen LogP contribution is 2.33. The smallest absolute Gasteiger partial charge is 0.323 e. The predicted molar refractivity (Wildman–Crippen MR) is 105 cm³/mol. The zero-order valence-corrected chi connectivity index (χ0v) is 16.2. The Morgan fingerprint density at radius 1 is 0.964 bits per heavy atom. The molecule has 7 nitrogen and oxygen atoms in total. The minimum Gasteiger partial charge on any atom is -0.323 e. The summed E-state index contributed by atoms with van der Waals surface area (Å²) in [6, 6.07) is 15.7. The lowest BCUT2D eigenvalue weighted by Gasteiger charge is -2.18. The quantitative estimate of drug-likeness (QED) is 0.598. The molecule has 0 aromatic heterocycles. The van der Waals surface area contributed by atoms with Crippen molar-refractivity contribution in [3.8, 4) is 0 Å². The van der Waals surface area contributed by atoms with Crippen LogP contribution in [0.4, 0.5) is 10.5 Å². The van der Waals surface area contributed by atoms with E-state index in [0.717, 1.165) is 14.7 Å². The molecule has 8 heteroatoms. The Kier molecular flexibility index (Phi) is 5.79. The lowest BCUT2D eigenvalue weighted by molar-refractivity contribution is -0.144. The Morgan fingerprint density at radius 2 is 1.61 bits per heavy atom. The number of anilines is 1. The van der Waals surface area contributed by atoms with E-state index in [1.54, 1.807) is 26.0 Å². The highest BCUT2D eigenvalue weighted by Gasteiger charge is 2.46. The van der Waals surface area contributed by atoms with Gasteiger partial charge < -0.3 is 5.32 Å². The first-order valence-electron chi connectivity index (χ1n) is 8.69. The lowest BCUT2D eigenvalue weighted by atomic mass is 10.3. The van der Waals surface area contributed by atoms with Gasteiger partial charge in [0.2, 0.25) is 5.91 Å². The van der Waals surface area contributed by atoms with Crippen LogP contribution in [0.2, 0.25) is 0 Å². The Morgan fingerprint density at radius 3 is 2.25 bits per heavy atom. The largest absolute Gasteiger partial charge is 0.334 e. The van der Waals surface area contributed by atoms with Crippen LogP contribution in [0.15, 0.2) is 64.4 Å². The molecule has 1 heterocycles. The molecule has 5 amide bonds. The fraction of sp³-hybridized carbons (Fsp3) is 0.200. The van der Waals surface area contributed by atoms with Gasteiger partial charge in [0.1, 0.15) is 6.54 Å². The molecule has 28 heavy (non-hydrogen) atoms. The second-order valence-corrected chi connectivity index (χ2v) is 7.52. The number of benzene rings is 2. The van der Waals surface area contributed by atoms with Crippen molar-refractivity contribution in [3.63, 3.8) is 0 Å². The normalized spacial score (nSPS) is 14.2. The molecule has 0 bridgehead atoms. The summed E-state index contributed by atoms with van der Waals surface area (Å²) in [4.78, 5) is 52.1. The third kappa shape index (κ3) is 4.07. The number of hydrogen-bond acceptors (Lipinski definition) is 5. The van der Waals surface area contributed by atoms with Gasteiger partial charge in [-0.15, -0.1) is 0 Å². The third-order valence-corrected chi connectivity index (χ3v) is 5.12. The van der Waals surface area contributed by atoms with Gasteiger partial charge in [-0.2, -0.15) is 0 Å². The number of carbonyl (C=O) groups is 4. The summed E-state index contributed by atoms with van der Waals surface area (Å²) in [5, 5.41) is 2.72. The summed E-state index contributed by atoms with van der Waals surface area (Å²) in [6.45, 7) is 2.74. The highest BCUT2D eigenvalue weighted by atomic mass is 32.2. The SMILES string of the molecule is CC(C)N1C(=O)C(=O)N(CC(=O)Nc2ccccc2Sc2ccccc2)C1=O. The molecule has 0 spiro atoms. The van der Waals surface area contributed by atoms with Crippen molar-refractivity contribution < 1.29 is 19.2 Å². The first kappa shape index (κ1) is 19.6. The number of hydrogen-bond donors (Lipinski definition) is 1. The topological polar surface area (TPSA) is 86.8 Å². The van der Waals surface area contributed by atoms with Crippen LogP contribution in [0.3, 0.4) is 0 Å². The van der Waals surface area contributed by atoms with Crippen molar-refractivity contribution >= 4 is 41.2 Å². The van der Waals surface area contributed by atoms with Crippen molar-refractivity contribution in [2.75, 3.05) is 11.9 Å². The number of urea groups is 1. The molecule has 2 aromatic carbocycles. The van der Waals surface area contributed by atoms with Crippen LogP contribution in [0, 0.1) is 0 Å². The zero-order chi connectivity index (χ0) is 20.3. The highest BCUT2D eigenvalue weighted by molar-refractivity contribution is 7.99. The van der Waals surface area contributed by atoms with Gasteiger partial charge >= 0.3 is 17.8 Å². The first-order valence-corrected chi connectivity index (χ1v) is 9.51. The van der Waals surface area contributed by atoms with Crippen LogP contribution in [-0.4, -0.2) is 46.1 Å². The van der Waals surface area contributed by atoms with Crippen molar-refractivity contribution in [2.45, 2.75) is 29.7 Å². The van der Waals surface area contributed by atoms with E-state index in [2.05, 4.69) is 5.32 Å². The number of carbonyl (C=O) groups excluding carboxylic acids is 4. The van der Waals surface area contributed by atoms with Gasteiger partial charge in [-0.25, -0.2) is 9.69 Å². The van der Waals surface area contributed by atoms with Gasteiger partial charge in [0.05, 0.1) is 5.69 Å². The Balaban J connectivity index is 1.71. The number of para-hydroxylation sites is 1. The summed E-state index contributed by atoms with van der Waals surface area (Å²) in [7, 11) is 0. The zero-order valence-electron chi connectivity index (χ0n) is 15.4. The molecular weight excluding hydrogens is 378 g/mol. The van der Waals surface area contributed by atoms with Crippen molar-refractivity contribution in [1.82, 2.24) is 9.80 Å². The van der Waals surface area contributed by atoms with Gasteiger partial charge in [-0.1, -0.05) is 42.1 Å². The van der Waals surface area contributed by atoms with E-state index < -0.39 is 36.3 Å². The molecule has 3 rings (SSSR count). The van der Waals surface area contributed by atoms with Gasteiger partial charge in [-0.05, 0) is 38.1 Å². The summed E-state index contributed by atoms with van der Waals surface area (Å²) < 4.78 is 0. The molecule has 0 unspecified atom stereocenters. The van der Waals surface area contributed by atoms with E-state index in [1.165, 1.54) is 11.8 Å². The molecule has 0 radical (unpaired) electrons. The van der Waals surface area contributed by atoms with Gasteiger partial charge in [-0.3, -0.25) is 19.3 Å². The third-order valence-electron chi connectivity index (χ3n) is 4.03. The van der Waals surface area contributed by atoms with Gasteiger partial charge in [0, 0.05) is 15.8 Å². The molecule has 2 aromatic rings. The number of rotatable bonds is 6. The van der Waals surface area contributed by atoms with Gasteiger partial charge in [0.25, 0.3) is 0 Å². The number of amides is 5. The Labute approximate surface area is 166 Å². The average Bonchev–Trinajstić information content (AvgIpc) is 2.87. The second kappa shape index (κ2) is 8.26. The van der Waals surface area contributed by atoms with E-state index in [-0.39, 0.29) is 0 Å². The minimum atomic E-state index is -0.985. The molecule has 0 aliphatic carbocycles. The Bertz CT molecular complexity index is 930. The van der Waals surface area contributed by atoms with Crippen LogP contribution in [-0.2, 0) is 14.4 Å².